The molecule has 6 nitrogen and oxygen atoms in total. The molecule has 1 amide bonds. The molecule has 1 aromatic heterocycles. The minimum Gasteiger partial charge on any atom is -0.465 e. The Morgan fingerprint density at radius 3 is 2.69 bits per heavy atom. The van der Waals surface area contributed by atoms with Crippen molar-refractivity contribution in [3.05, 3.63) is 81.4 Å². The molecule has 0 spiro atoms. The lowest BCUT2D eigenvalue weighted by atomic mass is 10.2. The van der Waals surface area contributed by atoms with Gasteiger partial charge in [-0.15, -0.1) is 0 Å². The zero-order chi connectivity index (χ0) is 22.7. The first kappa shape index (κ1) is 22.1. The number of benzene rings is 2. The summed E-state index contributed by atoms with van der Waals surface area (Å²) in [6, 6.07) is 18.3. The molecule has 0 saturated carbocycles. The quantitative estimate of drug-likeness (QED) is 0.305. The molecule has 0 unspecified atom stereocenters. The van der Waals surface area contributed by atoms with E-state index >= 15 is 0 Å². The Labute approximate surface area is 198 Å². The van der Waals surface area contributed by atoms with Gasteiger partial charge in [-0.1, -0.05) is 34.1 Å². The normalized spacial score (nSPS) is 16.2. The van der Waals surface area contributed by atoms with Crippen molar-refractivity contribution in [2.75, 3.05) is 13.7 Å². The minimum absolute atomic E-state index is 0.137. The van der Waals surface area contributed by atoms with Crippen molar-refractivity contribution in [3.63, 3.8) is 0 Å². The molecule has 0 N–H and O–H groups in total. The van der Waals surface area contributed by atoms with Crippen molar-refractivity contribution in [2.45, 2.75) is 6.92 Å². The van der Waals surface area contributed by atoms with Gasteiger partial charge < -0.3 is 9.15 Å². The molecular weight excluding hydrogens is 492 g/mol. The summed E-state index contributed by atoms with van der Waals surface area (Å²) in [5, 5.41) is 0.547. The minimum atomic E-state index is -0.436. The molecule has 3 aromatic rings. The molecule has 4 rings (SSSR count). The van der Waals surface area contributed by atoms with E-state index in [-0.39, 0.29) is 5.91 Å². The van der Waals surface area contributed by atoms with Gasteiger partial charge in [0, 0.05) is 22.7 Å². The van der Waals surface area contributed by atoms with Crippen LogP contribution < -0.4 is 0 Å². The monoisotopic (exact) mass is 510 g/mol. The Hall–Kier alpha value is -3.10. The van der Waals surface area contributed by atoms with E-state index in [2.05, 4.69) is 20.9 Å². The summed E-state index contributed by atoms with van der Waals surface area (Å²) in [6.45, 7) is 2.36. The van der Waals surface area contributed by atoms with Crippen LogP contribution in [0.5, 0.6) is 0 Å². The average molecular weight is 511 g/mol. The summed E-state index contributed by atoms with van der Waals surface area (Å²) in [5.74, 6) is 0.737. The SMILES string of the molecule is CCN1C(=O)C(=Cc2ccc(-c3ccc(Br)cc3)o2)SC1=Nc1cccc(C(=O)OC)c1. The third kappa shape index (κ3) is 4.71. The molecule has 2 heterocycles. The fourth-order valence-corrected chi connectivity index (χ4v) is 4.44. The van der Waals surface area contributed by atoms with Gasteiger partial charge in [0.15, 0.2) is 5.17 Å². The second-order valence-electron chi connectivity index (χ2n) is 6.81. The number of carbonyl (C=O) groups excluding carboxylic acids is 2. The lowest BCUT2D eigenvalue weighted by Gasteiger charge is -2.12. The summed E-state index contributed by atoms with van der Waals surface area (Å²) < 4.78 is 11.7. The lowest BCUT2D eigenvalue weighted by molar-refractivity contribution is -0.122. The number of aliphatic imine (C=N–C) groups is 1. The topological polar surface area (TPSA) is 72.1 Å². The number of furan rings is 1. The maximum absolute atomic E-state index is 12.9. The Balaban J connectivity index is 1.60. The second-order valence-corrected chi connectivity index (χ2v) is 8.73. The van der Waals surface area contributed by atoms with Crippen LogP contribution in [0.2, 0.25) is 0 Å². The van der Waals surface area contributed by atoms with E-state index in [9.17, 15) is 9.59 Å². The number of rotatable bonds is 5. The van der Waals surface area contributed by atoms with Crippen molar-refractivity contribution in [3.8, 4) is 11.3 Å². The Bertz CT molecular complexity index is 1230. The molecule has 0 bridgehead atoms. The second kappa shape index (κ2) is 9.58. The van der Waals surface area contributed by atoms with E-state index < -0.39 is 5.97 Å². The summed E-state index contributed by atoms with van der Waals surface area (Å²) >= 11 is 4.70. The molecule has 0 atom stereocenters. The third-order valence-corrected chi connectivity index (χ3v) is 6.26. The maximum atomic E-state index is 12.9. The van der Waals surface area contributed by atoms with Crippen molar-refractivity contribution in [1.82, 2.24) is 4.90 Å². The maximum Gasteiger partial charge on any atom is 0.337 e. The number of ether oxygens (including phenoxy) is 1. The van der Waals surface area contributed by atoms with Crippen LogP contribution in [-0.4, -0.2) is 35.6 Å². The summed E-state index contributed by atoms with van der Waals surface area (Å²) in [5.41, 5.74) is 1.92. The van der Waals surface area contributed by atoms with Gasteiger partial charge in [0.1, 0.15) is 11.5 Å². The van der Waals surface area contributed by atoms with Crippen LogP contribution in [0, 0.1) is 0 Å². The van der Waals surface area contributed by atoms with Gasteiger partial charge in [0.2, 0.25) is 0 Å². The molecule has 1 fully saturated rings. The van der Waals surface area contributed by atoms with Gasteiger partial charge in [0.25, 0.3) is 5.91 Å². The average Bonchev–Trinajstić information content (AvgIpc) is 3.38. The predicted octanol–water partition coefficient (Wildman–Crippen LogP) is 6.12. The number of hydrogen-bond donors (Lipinski definition) is 0. The van der Waals surface area contributed by atoms with Crippen LogP contribution in [0.1, 0.15) is 23.0 Å². The zero-order valence-corrected chi connectivity index (χ0v) is 19.8. The Morgan fingerprint density at radius 2 is 1.97 bits per heavy atom. The van der Waals surface area contributed by atoms with Crippen molar-refractivity contribution in [2.24, 2.45) is 4.99 Å². The highest BCUT2D eigenvalue weighted by Gasteiger charge is 2.32. The molecule has 1 aliphatic heterocycles. The van der Waals surface area contributed by atoms with Crippen molar-refractivity contribution in [1.29, 1.82) is 0 Å². The summed E-state index contributed by atoms with van der Waals surface area (Å²) in [4.78, 5) is 31.4. The van der Waals surface area contributed by atoms with Crippen LogP contribution in [0.15, 0.2) is 79.5 Å². The molecule has 8 heteroatoms. The fraction of sp³-hybridized carbons (Fsp3) is 0.125. The first-order valence-corrected chi connectivity index (χ1v) is 11.4. The molecule has 162 valence electrons. The number of halogens is 1. The number of esters is 1. The number of carbonyl (C=O) groups is 2. The Morgan fingerprint density at radius 1 is 1.19 bits per heavy atom. The number of methoxy groups -OCH3 is 1. The highest BCUT2D eigenvalue weighted by molar-refractivity contribution is 9.10. The van der Waals surface area contributed by atoms with E-state index in [4.69, 9.17) is 9.15 Å². The van der Waals surface area contributed by atoms with Gasteiger partial charge in [-0.3, -0.25) is 9.69 Å². The van der Waals surface area contributed by atoms with Crippen LogP contribution >= 0.6 is 27.7 Å². The lowest BCUT2D eigenvalue weighted by Crippen LogP contribution is -2.28. The number of amidine groups is 1. The molecule has 32 heavy (non-hydrogen) atoms. The van der Waals surface area contributed by atoms with E-state index in [1.54, 1.807) is 35.2 Å². The molecule has 2 aromatic carbocycles. The van der Waals surface area contributed by atoms with E-state index in [1.165, 1.54) is 18.9 Å². The smallest absolute Gasteiger partial charge is 0.337 e. The highest BCUT2D eigenvalue weighted by atomic mass is 79.9. The van der Waals surface area contributed by atoms with Crippen molar-refractivity contribution >= 4 is 56.5 Å². The zero-order valence-electron chi connectivity index (χ0n) is 17.4. The van der Waals surface area contributed by atoms with Crippen molar-refractivity contribution < 1.29 is 18.7 Å². The summed E-state index contributed by atoms with van der Waals surface area (Å²) in [6.07, 6.45) is 1.73. The Kier molecular flexibility index (Phi) is 6.62. The standard InChI is InChI=1S/C24H19BrN2O4S/c1-3-27-22(28)21(14-19-11-12-20(31-19)15-7-9-17(25)10-8-15)32-24(27)26-18-6-4-5-16(13-18)23(29)30-2/h4-14H,3H2,1-2H3. The van der Waals surface area contributed by atoms with E-state index in [1.807, 2.05) is 43.3 Å². The van der Waals surface area contributed by atoms with Gasteiger partial charge >= 0.3 is 5.97 Å². The van der Waals surface area contributed by atoms with Crippen LogP contribution in [0.25, 0.3) is 17.4 Å². The predicted molar refractivity (Wildman–Crippen MR) is 130 cm³/mol. The first-order valence-electron chi connectivity index (χ1n) is 9.82. The molecule has 1 aliphatic rings. The number of hydrogen-bond acceptors (Lipinski definition) is 6. The van der Waals surface area contributed by atoms with Crippen LogP contribution in [-0.2, 0) is 9.53 Å². The largest absolute Gasteiger partial charge is 0.465 e. The summed E-state index contributed by atoms with van der Waals surface area (Å²) in [7, 11) is 1.33. The molecule has 0 aliphatic carbocycles. The third-order valence-electron chi connectivity index (χ3n) is 4.73. The van der Waals surface area contributed by atoms with Crippen LogP contribution in [0.3, 0.4) is 0 Å². The number of likely N-dealkylation sites (N-methyl/N-ethyl adjacent to an activating group) is 1. The van der Waals surface area contributed by atoms with Gasteiger partial charge in [-0.05, 0) is 61.2 Å². The van der Waals surface area contributed by atoms with Gasteiger partial charge in [-0.25, -0.2) is 9.79 Å². The van der Waals surface area contributed by atoms with Crippen LogP contribution in [0.4, 0.5) is 5.69 Å². The van der Waals surface area contributed by atoms with Gasteiger partial charge in [-0.2, -0.15) is 0 Å². The fourth-order valence-electron chi connectivity index (χ4n) is 3.13. The molecular formula is C24H19BrN2O4S. The van der Waals surface area contributed by atoms with E-state index in [0.717, 1.165) is 15.8 Å². The van der Waals surface area contributed by atoms with Gasteiger partial charge in [0.05, 0.1) is 23.3 Å². The number of nitrogens with zero attached hydrogens (tertiary/aromatic N) is 2. The first-order chi connectivity index (χ1) is 15.5. The molecule has 0 radical (unpaired) electrons. The highest BCUT2D eigenvalue weighted by Crippen LogP contribution is 2.35. The number of thioether (sulfide) groups is 1. The molecule has 1 saturated heterocycles. The number of amides is 1. The van der Waals surface area contributed by atoms with E-state index in [0.29, 0.717) is 33.6 Å².